The molecule has 0 unspecified atom stereocenters. The average molecular weight is 373 g/mol. The van der Waals surface area contributed by atoms with Crippen molar-refractivity contribution >= 4 is 31.6 Å². The normalized spacial score (nSPS) is 12.4. The van der Waals surface area contributed by atoms with E-state index in [2.05, 4.69) is 15.9 Å². The van der Waals surface area contributed by atoms with Crippen LogP contribution in [0, 0.1) is 0 Å². The summed E-state index contributed by atoms with van der Waals surface area (Å²) >= 11 is 2.78. The van der Waals surface area contributed by atoms with Crippen LogP contribution in [-0.4, -0.2) is 26.2 Å². The molecule has 0 N–H and O–H groups in total. The van der Waals surface area contributed by atoms with Gasteiger partial charge < -0.3 is 0 Å². The van der Waals surface area contributed by atoms with Gasteiger partial charge in [0, 0.05) is 22.7 Å². The van der Waals surface area contributed by atoms with E-state index < -0.39 is 27.4 Å². The molecule has 1 rings (SSSR count). The Labute approximate surface area is 123 Å². The summed E-state index contributed by atoms with van der Waals surface area (Å²) < 4.78 is 59.7. The minimum absolute atomic E-state index is 0.0750. The molecule has 0 bridgehead atoms. The second kappa shape index (κ2) is 6.26. The lowest BCUT2D eigenvalue weighted by Gasteiger charge is -2.10. The van der Waals surface area contributed by atoms with Crippen molar-refractivity contribution in [1.82, 2.24) is 0 Å². The standard InChI is InChI=1S/C12H12BrF3O3S/c1-20(18,19)6-2-3-11(17)8-4-5-10(13)9(7-8)12(14,15)16/h4-5,7H,2-3,6H2,1H3. The van der Waals surface area contributed by atoms with Gasteiger partial charge in [0.25, 0.3) is 0 Å². The SMILES string of the molecule is CS(=O)(=O)CCCC(=O)c1ccc(Br)c(C(F)(F)F)c1. The fourth-order valence-electron chi connectivity index (χ4n) is 1.56. The zero-order valence-electron chi connectivity index (χ0n) is 10.5. The summed E-state index contributed by atoms with van der Waals surface area (Å²) in [5.74, 6) is -0.673. The first-order valence-corrected chi connectivity index (χ1v) is 8.44. The zero-order valence-corrected chi connectivity index (χ0v) is 12.9. The van der Waals surface area contributed by atoms with E-state index in [1.807, 2.05) is 0 Å². The average Bonchev–Trinajstić information content (AvgIpc) is 2.26. The number of ketones is 1. The van der Waals surface area contributed by atoms with Gasteiger partial charge in [-0.2, -0.15) is 13.2 Å². The number of halogens is 4. The van der Waals surface area contributed by atoms with Gasteiger partial charge in [-0.3, -0.25) is 4.79 Å². The highest BCUT2D eigenvalue weighted by Crippen LogP contribution is 2.35. The number of hydrogen-bond acceptors (Lipinski definition) is 3. The number of hydrogen-bond donors (Lipinski definition) is 0. The number of rotatable bonds is 5. The Hall–Kier alpha value is -0.890. The van der Waals surface area contributed by atoms with Crippen molar-refractivity contribution in [3.05, 3.63) is 33.8 Å². The van der Waals surface area contributed by atoms with Gasteiger partial charge in [0.2, 0.25) is 0 Å². The van der Waals surface area contributed by atoms with Gasteiger partial charge in [-0.25, -0.2) is 8.42 Å². The second-order valence-corrected chi connectivity index (χ2v) is 7.46. The van der Waals surface area contributed by atoms with Crippen molar-refractivity contribution in [3.63, 3.8) is 0 Å². The van der Waals surface area contributed by atoms with E-state index in [0.29, 0.717) is 0 Å². The van der Waals surface area contributed by atoms with Crippen LogP contribution in [0.25, 0.3) is 0 Å². The Balaban J connectivity index is 2.85. The van der Waals surface area contributed by atoms with Crippen LogP contribution in [-0.2, 0) is 16.0 Å². The van der Waals surface area contributed by atoms with Gasteiger partial charge in [-0.1, -0.05) is 22.0 Å². The van der Waals surface area contributed by atoms with Gasteiger partial charge in [0.1, 0.15) is 9.84 Å². The molecule has 0 saturated heterocycles. The Morgan fingerprint density at radius 2 is 1.90 bits per heavy atom. The number of benzene rings is 1. The molecule has 0 fully saturated rings. The van der Waals surface area contributed by atoms with Crippen LogP contribution in [0.15, 0.2) is 22.7 Å². The van der Waals surface area contributed by atoms with Gasteiger partial charge >= 0.3 is 6.18 Å². The number of alkyl halides is 3. The van der Waals surface area contributed by atoms with E-state index in [9.17, 15) is 26.4 Å². The lowest BCUT2D eigenvalue weighted by Crippen LogP contribution is -2.10. The first kappa shape index (κ1) is 17.2. The highest BCUT2D eigenvalue weighted by molar-refractivity contribution is 9.10. The van der Waals surface area contributed by atoms with E-state index in [-0.39, 0.29) is 28.6 Å². The Kier molecular flexibility index (Phi) is 5.37. The van der Waals surface area contributed by atoms with Crippen LogP contribution in [0.3, 0.4) is 0 Å². The highest BCUT2D eigenvalue weighted by Gasteiger charge is 2.33. The lowest BCUT2D eigenvalue weighted by molar-refractivity contribution is -0.138. The summed E-state index contributed by atoms with van der Waals surface area (Å²) in [4.78, 5) is 11.7. The molecule has 1 aromatic carbocycles. The summed E-state index contributed by atoms with van der Waals surface area (Å²) in [5.41, 5.74) is -1.000. The fraction of sp³-hybridized carbons (Fsp3) is 0.417. The first-order chi connectivity index (χ1) is 9.00. The fourth-order valence-corrected chi connectivity index (χ4v) is 2.70. The van der Waals surface area contributed by atoms with Gasteiger partial charge in [0.15, 0.2) is 5.78 Å². The monoisotopic (exact) mass is 372 g/mol. The number of carbonyl (C=O) groups excluding carboxylic acids is 1. The van der Waals surface area contributed by atoms with E-state index in [4.69, 9.17) is 0 Å². The molecule has 0 atom stereocenters. The molecule has 0 aliphatic rings. The molecule has 0 radical (unpaired) electrons. The van der Waals surface area contributed by atoms with Crippen molar-refractivity contribution in [2.24, 2.45) is 0 Å². The number of sulfone groups is 1. The Morgan fingerprint density at radius 1 is 1.30 bits per heavy atom. The third-order valence-corrected chi connectivity index (χ3v) is 4.23. The summed E-state index contributed by atoms with van der Waals surface area (Å²) in [6.07, 6.45) is -3.53. The van der Waals surface area contributed by atoms with Crippen molar-refractivity contribution in [2.45, 2.75) is 19.0 Å². The molecule has 20 heavy (non-hydrogen) atoms. The minimum Gasteiger partial charge on any atom is -0.294 e. The van der Waals surface area contributed by atoms with Gasteiger partial charge in [-0.05, 0) is 18.6 Å². The molecule has 0 spiro atoms. The topological polar surface area (TPSA) is 51.2 Å². The maximum absolute atomic E-state index is 12.7. The molecule has 0 amide bonds. The number of Topliss-reactive ketones (excluding diaryl/α,β-unsaturated/α-hetero) is 1. The third kappa shape index (κ3) is 5.24. The Morgan fingerprint density at radius 3 is 2.40 bits per heavy atom. The molecule has 0 aromatic heterocycles. The Bertz CT molecular complexity index is 609. The van der Waals surface area contributed by atoms with Crippen LogP contribution >= 0.6 is 15.9 Å². The molecule has 112 valence electrons. The van der Waals surface area contributed by atoms with E-state index in [0.717, 1.165) is 18.4 Å². The van der Waals surface area contributed by atoms with Crippen molar-refractivity contribution < 1.29 is 26.4 Å². The third-order valence-electron chi connectivity index (χ3n) is 2.51. The lowest BCUT2D eigenvalue weighted by atomic mass is 10.0. The summed E-state index contributed by atoms with van der Waals surface area (Å²) in [5, 5.41) is 0. The number of carbonyl (C=O) groups is 1. The van der Waals surface area contributed by atoms with Crippen LogP contribution in [0.1, 0.15) is 28.8 Å². The van der Waals surface area contributed by atoms with E-state index in [1.54, 1.807) is 0 Å². The smallest absolute Gasteiger partial charge is 0.294 e. The predicted molar refractivity (Wildman–Crippen MR) is 72.4 cm³/mol. The first-order valence-electron chi connectivity index (χ1n) is 5.58. The van der Waals surface area contributed by atoms with E-state index in [1.165, 1.54) is 6.07 Å². The largest absolute Gasteiger partial charge is 0.417 e. The summed E-state index contributed by atoms with van der Waals surface area (Å²) in [6.45, 7) is 0. The predicted octanol–water partition coefficient (Wildman–Crippen LogP) is 3.48. The molecular formula is C12H12BrF3O3S. The van der Waals surface area contributed by atoms with Crippen molar-refractivity contribution in [2.75, 3.05) is 12.0 Å². The molecule has 0 aliphatic heterocycles. The molecular weight excluding hydrogens is 361 g/mol. The van der Waals surface area contributed by atoms with Gasteiger partial charge in [-0.15, -0.1) is 0 Å². The zero-order chi connectivity index (χ0) is 15.6. The molecule has 1 aromatic rings. The molecule has 0 saturated carbocycles. The molecule has 0 heterocycles. The van der Waals surface area contributed by atoms with Crippen LogP contribution < -0.4 is 0 Å². The molecule has 8 heteroatoms. The second-order valence-electron chi connectivity index (χ2n) is 4.35. The van der Waals surface area contributed by atoms with Crippen molar-refractivity contribution in [1.29, 1.82) is 0 Å². The quantitative estimate of drug-likeness (QED) is 0.743. The molecule has 3 nitrogen and oxygen atoms in total. The van der Waals surface area contributed by atoms with Crippen molar-refractivity contribution in [3.8, 4) is 0 Å². The highest BCUT2D eigenvalue weighted by atomic mass is 79.9. The van der Waals surface area contributed by atoms with Gasteiger partial charge in [0.05, 0.1) is 11.3 Å². The van der Waals surface area contributed by atoms with Crippen LogP contribution in [0.2, 0.25) is 0 Å². The maximum Gasteiger partial charge on any atom is 0.417 e. The summed E-state index contributed by atoms with van der Waals surface area (Å²) in [7, 11) is -3.18. The molecule has 0 aliphatic carbocycles. The minimum atomic E-state index is -4.55. The van der Waals surface area contributed by atoms with E-state index >= 15 is 0 Å². The van der Waals surface area contributed by atoms with Crippen LogP contribution in [0.4, 0.5) is 13.2 Å². The maximum atomic E-state index is 12.7. The van der Waals surface area contributed by atoms with Crippen LogP contribution in [0.5, 0.6) is 0 Å². The summed E-state index contributed by atoms with van der Waals surface area (Å²) in [6, 6.07) is 3.21.